The number of hydrogen-bond donors (Lipinski definition) is 1. The number of anilines is 1. The van der Waals surface area contributed by atoms with Crippen molar-refractivity contribution in [1.82, 2.24) is 9.78 Å². The average molecular weight is 454 g/mol. The number of benzene rings is 2. The summed E-state index contributed by atoms with van der Waals surface area (Å²) < 4.78 is 31.5. The molecule has 0 aliphatic carbocycles. The fourth-order valence-electron chi connectivity index (χ4n) is 4.16. The summed E-state index contributed by atoms with van der Waals surface area (Å²) in [7, 11) is 4.94. The van der Waals surface area contributed by atoms with Crippen LogP contribution in [0.25, 0.3) is 0 Å². The number of carbonyl (C=O) groups is 1. The van der Waals surface area contributed by atoms with E-state index in [4.69, 9.17) is 14.2 Å². The molecule has 4 rings (SSSR count). The first-order chi connectivity index (χ1) is 16.0. The fraction of sp³-hybridized carbons (Fsp3) is 0.360. The summed E-state index contributed by atoms with van der Waals surface area (Å²) in [5.41, 5.74) is 2.60. The summed E-state index contributed by atoms with van der Waals surface area (Å²) in [6.07, 6.45) is 3.60. The number of nitrogens with one attached hydrogen (secondary N) is 1. The van der Waals surface area contributed by atoms with Gasteiger partial charge < -0.3 is 19.5 Å². The molecule has 8 heteroatoms. The lowest BCUT2D eigenvalue weighted by atomic mass is 9.89. The van der Waals surface area contributed by atoms with E-state index < -0.39 is 6.04 Å². The lowest BCUT2D eigenvalue weighted by Crippen LogP contribution is -2.24. The van der Waals surface area contributed by atoms with Crippen LogP contribution in [-0.2, 0) is 11.8 Å². The van der Waals surface area contributed by atoms with Crippen LogP contribution in [0.2, 0.25) is 0 Å². The van der Waals surface area contributed by atoms with Crippen LogP contribution >= 0.6 is 0 Å². The zero-order valence-electron chi connectivity index (χ0n) is 19.0. The highest BCUT2D eigenvalue weighted by Gasteiger charge is 2.30. The number of ether oxygens (including phenoxy) is 3. The van der Waals surface area contributed by atoms with E-state index in [1.54, 1.807) is 49.2 Å². The van der Waals surface area contributed by atoms with Gasteiger partial charge in [0.2, 0.25) is 5.78 Å². The second kappa shape index (κ2) is 10.0. The maximum Gasteiger partial charge on any atom is 0.210 e. The molecule has 0 radical (unpaired) electrons. The molecule has 7 nitrogen and oxygen atoms in total. The van der Waals surface area contributed by atoms with Gasteiger partial charge in [-0.3, -0.25) is 9.48 Å². The SMILES string of the molecule is COc1cc(NC(C(=O)c2nn(C)cc2C2CCOCC2)c2ccc(F)cc2)cc(OC)c1. The van der Waals surface area contributed by atoms with Gasteiger partial charge in [-0.1, -0.05) is 12.1 Å². The molecule has 0 saturated carbocycles. The molecule has 1 atom stereocenters. The highest BCUT2D eigenvalue weighted by atomic mass is 19.1. The second-order valence-corrected chi connectivity index (χ2v) is 8.09. The molecule has 1 aliphatic rings. The van der Waals surface area contributed by atoms with Crippen LogP contribution in [0, 0.1) is 5.82 Å². The van der Waals surface area contributed by atoms with Crippen LogP contribution in [0.1, 0.15) is 46.4 Å². The van der Waals surface area contributed by atoms with Crippen molar-refractivity contribution in [3.63, 3.8) is 0 Å². The van der Waals surface area contributed by atoms with Crippen molar-refractivity contribution in [2.45, 2.75) is 24.8 Å². The normalized spacial score (nSPS) is 15.2. The minimum Gasteiger partial charge on any atom is -0.497 e. The van der Waals surface area contributed by atoms with Crippen LogP contribution in [0.4, 0.5) is 10.1 Å². The Labute approximate surface area is 192 Å². The first-order valence-electron chi connectivity index (χ1n) is 10.9. The smallest absolute Gasteiger partial charge is 0.210 e. The van der Waals surface area contributed by atoms with E-state index in [9.17, 15) is 9.18 Å². The lowest BCUT2D eigenvalue weighted by molar-refractivity contribution is 0.0842. The predicted molar refractivity (Wildman–Crippen MR) is 123 cm³/mol. The number of halogens is 1. The largest absolute Gasteiger partial charge is 0.497 e. The third-order valence-corrected chi connectivity index (χ3v) is 5.88. The molecule has 3 aromatic rings. The number of rotatable bonds is 8. The standard InChI is InChI=1S/C25H28FN3O4/c1-29-15-22(16-8-10-33-11-9-16)24(28-29)25(30)23(17-4-6-18(26)7-5-17)27-19-12-20(31-2)14-21(13-19)32-3/h4-7,12-16,23,27H,8-11H2,1-3H3. The molecule has 1 fully saturated rings. The van der Waals surface area contributed by atoms with Gasteiger partial charge in [-0.25, -0.2) is 4.39 Å². The van der Waals surface area contributed by atoms with Gasteiger partial charge in [0.15, 0.2) is 0 Å². The van der Waals surface area contributed by atoms with E-state index in [2.05, 4.69) is 10.4 Å². The summed E-state index contributed by atoms with van der Waals surface area (Å²) in [5, 5.41) is 7.82. The number of nitrogens with zero attached hydrogens (tertiary/aromatic N) is 2. The predicted octanol–water partition coefficient (Wildman–Crippen LogP) is 4.51. The van der Waals surface area contributed by atoms with Crippen molar-refractivity contribution in [2.75, 3.05) is 32.8 Å². The molecular weight excluding hydrogens is 425 g/mol. The van der Waals surface area contributed by atoms with Gasteiger partial charge in [0.25, 0.3) is 0 Å². The van der Waals surface area contributed by atoms with Gasteiger partial charge in [0, 0.05) is 55.9 Å². The topological polar surface area (TPSA) is 74.6 Å². The van der Waals surface area contributed by atoms with Crippen LogP contribution in [0.15, 0.2) is 48.7 Å². The number of aryl methyl sites for hydroxylation is 1. The van der Waals surface area contributed by atoms with Crippen molar-refractivity contribution >= 4 is 11.5 Å². The number of aromatic nitrogens is 2. The van der Waals surface area contributed by atoms with Crippen molar-refractivity contribution in [2.24, 2.45) is 7.05 Å². The van der Waals surface area contributed by atoms with Crippen LogP contribution < -0.4 is 14.8 Å². The highest BCUT2D eigenvalue weighted by molar-refractivity contribution is 6.02. The Balaban J connectivity index is 1.73. The molecule has 1 aliphatic heterocycles. The van der Waals surface area contributed by atoms with Gasteiger partial charge >= 0.3 is 0 Å². The molecule has 2 heterocycles. The molecule has 33 heavy (non-hydrogen) atoms. The van der Waals surface area contributed by atoms with E-state index >= 15 is 0 Å². The van der Waals surface area contributed by atoms with E-state index in [1.807, 2.05) is 13.2 Å². The number of hydrogen-bond acceptors (Lipinski definition) is 6. The maximum atomic E-state index is 13.9. The molecule has 0 spiro atoms. The summed E-state index contributed by atoms with van der Waals surface area (Å²) >= 11 is 0. The number of ketones is 1. The first kappa shape index (κ1) is 22.8. The van der Waals surface area contributed by atoms with E-state index in [0.717, 1.165) is 18.4 Å². The number of carbonyl (C=O) groups excluding carboxylic acids is 1. The second-order valence-electron chi connectivity index (χ2n) is 8.09. The third-order valence-electron chi connectivity index (χ3n) is 5.88. The Morgan fingerprint density at radius 3 is 2.36 bits per heavy atom. The molecule has 1 unspecified atom stereocenters. The van der Waals surface area contributed by atoms with Crippen molar-refractivity contribution in [3.8, 4) is 11.5 Å². The lowest BCUT2D eigenvalue weighted by Gasteiger charge is -2.23. The minimum absolute atomic E-state index is 0.189. The minimum atomic E-state index is -0.782. The molecule has 1 saturated heterocycles. The Bertz CT molecular complexity index is 1090. The molecule has 2 aromatic carbocycles. The Hall–Kier alpha value is -3.39. The third kappa shape index (κ3) is 5.17. The summed E-state index contributed by atoms with van der Waals surface area (Å²) in [4.78, 5) is 13.9. The van der Waals surface area contributed by atoms with Crippen molar-refractivity contribution in [1.29, 1.82) is 0 Å². The zero-order chi connectivity index (χ0) is 23.4. The monoisotopic (exact) mass is 453 g/mol. The summed E-state index contributed by atoms with van der Waals surface area (Å²) in [5.74, 6) is 0.821. The molecule has 174 valence electrons. The summed E-state index contributed by atoms with van der Waals surface area (Å²) in [6.45, 7) is 1.33. The maximum absolute atomic E-state index is 13.9. The quantitative estimate of drug-likeness (QED) is 0.506. The Kier molecular flexibility index (Phi) is 6.93. The number of Topliss-reactive ketones (excluding diaryl/α,β-unsaturated/α-hetero) is 1. The van der Waals surface area contributed by atoms with Crippen molar-refractivity contribution in [3.05, 3.63) is 71.3 Å². The van der Waals surface area contributed by atoms with Gasteiger partial charge in [0.05, 0.1) is 14.2 Å². The molecule has 0 bridgehead atoms. The molecule has 1 aromatic heterocycles. The Morgan fingerprint density at radius 2 is 1.76 bits per heavy atom. The van der Waals surface area contributed by atoms with Crippen LogP contribution in [0.5, 0.6) is 11.5 Å². The van der Waals surface area contributed by atoms with Gasteiger partial charge in [0.1, 0.15) is 29.1 Å². The fourth-order valence-corrected chi connectivity index (χ4v) is 4.16. The molecule has 0 amide bonds. The molecular formula is C25H28FN3O4. The van der Waals surface area contributed by atoms with E-state index in [0.29, 0.717) is 41.7 Å². The van der Waals surface area contributed by atoms with E-state index in [1.165, 1.54) is 12.1 Å². The molecule has 1 N–H and O–H groups in total. The van der Waals surface area contributed by atoms with Gasteiger partial charge in [-0.05, 0) is 36.5 Å². The van der Waals surface area contributed by atoms with Crippen LogP contribution in [-0.4, -0.2) is 43.0 Å². The van der Waals surface area contributed by atoms with Crippen molar-refractivity contribution < 1.29 is 23.4 Å². The van der Waals surface area contributed by atoms with Gasteiger partial charge in [-0.2, -0.15) is 5.10 Å². The van der Waals surface area contributed by atoms with E-state index in [-0.39, 0.29) is 17.5 Å². The summed E-state index contributed by atoms with van der Waals surface area (Å²) in [6, 6.07) is 10.5. The van der Waals surface area contributed by atoms with Gasteiger partial charge in [-0.15, -0.1) is 0 Å². The highest BCUT2D eigenvalue weighted by Crippen LogP contribution is 2.34. The first-order valence-corrected chi connectivity index (χ1v) is 10.9. The zero-order valence-corrected chi connectivity index (χ0v) is 19.0. The average Bonchev–Trinajstić information content (AvgIpc) is 3.24. The van der Waals surface area contributed by atoms with Crippen LogP contribution in [0.3, 0.4) is 0 Å². The Morgan fingerprint density at radius 1 is 1.12 bits per heavy atom. The number of methoxy groups -OCH3 is 2.